The number of hydrogen-bond donors (Lipinski definition) is 1. The van der Waals surface area contributed by atoms with Gasteiger partial charge in [-0.1, -0.05) is 36.4 Å². The van der Waals surface area contributed by atoms with E-state index in [4.69, 9.17) is 4.99 Å². The maximum Gasteiger partial charge on any atom is 0.257 e. The molecule has 6 nitrogen and oxygen atoms in total. The highest BCUT2D eigenvalue weighted by Gasteiger charge is 2.31. The summed E-state index contributed by atoms with van der Waals surface area (Å²) in [6.45, 7) is 1.85. The number of aromatic nitrogens is 3. The molecule has 1 aliphatic carbocycles. The molecule has 0 saturated heterocycles. The molecule has 158 valence electrons. The van der Waals surface area contributed by atoms with Crippen LogP contribution in [-0.2, 0) is 6.42 Å². The molecule has 0 spiro atoms. The summed E-state index contributed by atoms with van der Waals surface area (Å²) in [6, 6.07) is 16.2. The summed E-state index contributed by atoms with van der Waals surface area (Å²) >= 11 is 0. The van der Waals surface area contributed by atoms with E-state index in [1.165, 1.54) is 18.4 Å². The molecule has 31 heavy (non-hydrogen) atoms. The van der Waals surface area contributed by atoms with Crippen molar-refractivity contribution in [3.05, 3.63) is 88.1 Å². The largest absolute Gasteiger partial charge is 0.314 e. The van der Waals surface area contributed by atoms with Gasteiger partial charge >= 0.3 is 0 Å². The molecule has 2 aromatic heterocycles. The van der Waals surface area contributed by atoms with Gasteiger partial charge in [0.05, 0.1) is 0 Å². The van der Waals surface area contributed by atoms with Crippen LogP contribution in [-0.4, -0.2) is 20.4 Å². The predicted octanol–water partition coefficient (Wildman–Crippen LogP) is 4.37. The second-order valence-electron chi connectivity index (χ2n) is 8.64. The Morgan fingerprint density at radius 3 is 2.61 bits per heavy atom. The summed E-state index contributed by atoms with van der Waals surface area (Å²) in [4.78, 5) is 26.6. The lowest BCUT2D eigenvalue weighted by atomic mass is 9.78. The number of aliphatic imine (C=N–C) groups is 1. The fourth-order valence-electron chi connectivity index (χ4n) is 4.81. The number of amidine groups is 1. The van der Waals surface area contributed by atoms with Crippen LogP contribution >= 0.6 is 0 Å². The molecule has 1 atom stereocenters. The third kappa shape index (κ3) is 4.15. The van der Waals surface area contributed by atoms with E-state index >= 15 is 0 Å². The van der Waals surface area contributed by atoms with E-state index in [-0.39, 0.29) is 5.56 Å². The first-order chi connectivity index (χ1) is 15.2. The van der Waals surface area contributed by atoms with Crippen molar-refractivity contribution in [3.63, 3.8) is 0 Å². The molecule has 0 amide bonds. The molecule has 1 N–H and O–H groups in total. The van der Waals surface area contributed by atoms with E-state index in [1.807, 2.05) is 19.1 Å². The third-order valence-electron chi connectivity index (χ3n) is 6.41. The third-order valence-corrected chi connectivity index (χ3v) is 6.41. The lowest BCUT2D eigenvalue weighted by Gasteiger charge is -2.33. The fourth-order valence-corrected chi connectivity index (χ4v) is 4.81. The molecule has 0 bridgehead atoms. The van der Waals surface area contributed by atoms with Gasteiger partial charge in [0.2, 0.25) is 5.95 Å². The summed E-state index contributed by atoms with van der Waals surface area (Å²) in [5.41, 5.74) is 2.93. The SMILES string of the molecule is Cc1cc(=O)n2c(n1)NC(C1CCC(Cc3ccccc3)CC1)=N[C@@H]2c1cccnc1. The van der Waals surface area contributed by atoms with Crippen molar-refractivity contribution in [2.75, 3.05) is 5.32 Å². The number of nitrogens with zero attached hydrogens (tertiary/aromatic N) is 4. The molecule has 6 heteroatoms. The first-order valence-corrected chi connectivity index (χ1v) is 11.1. The minimum atomic E-state index is -0.428. The summed E-state index contributed by atoms with van der Waals surface area (Å²) in [5.74, 6) is 2.60. The summed E-state index contributed by atoms with van der Waals surface area (Å²) < 4.78 is 1.63. The Bertz CT molecular complexity index is 1130. The van der Waals surface area contributed by atoms with Gasteiger partial charge < -0.3 is 5.32 Å². The van der Waals surface area contributed by atoms with Gasteiger partial charge in [0.1, 0.15) is 5.84 Å². The molecule has 1 saturated carbocycles. The molecule has 5 rings (SSSR count). The minimum absolute atomic E-state index is 0.0989. The highest BCUT2D eigenvalue weighted by molar-refractivity contribution is 5.97. The predicted molar refractivity (Wildman–Crippen MR) is 122 cm³/mol. The maximum absolute atomic E-state index is 12.8. The van der Waals surface area contributed by atoms with Crippen LogP contribution in [0, 0.1) is 18.8 Å². The number of hydrogen-bond acceptors (Lipinski definition) is 5. The monoisotopic (exact) mass is 413 g/mol. The van der Waals surface area contributed by atoms with E-state index in [0.717, 1.165) is 30.7 Å². The van der Waals surface area contributed by atoms with Gasteiger partial charge in [-0.3, -0.25) is 14.3 Å². The maximum atomic E-state index is 12.8. The Morgan fingerprint density at radius 1 is 1.06 bits per heavy atom. The van der Waals surface area contributed by atoms with Gasteiger partial charge in [0.15, 0.2) is 6.17 Å². The zero-order chi connectivity index (χ0) is 21.2. The second kappa shape index (κ2) is 8.46. The number of nitrogens with one attached hydrogen (secondary N) is 1. The van der Waals surface area contributed by atoms with Crippen LogP contribution in [0.25, 0.3) is 0 Å². The molecule has 1 aromatic carbocycles. The lowest BCUT2D eigenvalue weighted by Crippen LogP contribution is -2.38. The number of pyridine rings is 1. The number of benzene rings is 1. The van der Waals surface area contributed by atoms with Gasteiger partial charge in [-0.15, -0.1) is 0 Å². The molecule has 0 unspecified atom stereocenters. The van der Waals surface area contributed by atoms with Crippen molar-refractivity contribution >= 4 is 11.8 Å². The Kier molecular flexibility index (Phi) is 5.37. The summed E-state index contributed by atoms with van der Waals surface area (Å²) in [6.07, 6.45) is 8.80. The Labute approximate surface area is 182 Å². The number of fused-ring (bicyclic) bond motifs is 1. The van der Waals surface area contributed by atoms with E-state index in [0.29, 0.717) is 23.5 Å². The molecule has 1 aliphatic heterocycles. The number of rotatable bonds is 4. The molecular formula is C25H27N5O. The lowest BCUT2D eigenvalue weighted by molar-refractivity contribution is 0.318. The van der Waals surface area contributed by atoms with Crippen LogP contribution in [0.15, 0.2) is 70.7 Å². The average molecular weight is 414 g/mol. The number of aryl methyl sites for hydroxylation is 1. The Hall–Kier alpha value is -3.28. The minimum Gasteiger partial charge on any atom is -0.314 e. The highest BCUT2D eigenvalue weighted by Crippen LogP contribution is 2.35. The molecule has 0 radical (unpaired) electrons. The standard InChI is InChI=1S/C25H27N5O/c1-17-14-22(31)30-24(21-8-5-13-26-16-21)28-23(29-25(30)27-17)20-11-9-19(10-12-20)15-18-6-3-2-4-7-18/h2-8,13-14,16,19-20,24H,9-12,15H2,1H3,(H,27,28,29)/t19?,20?,24-/m0/s1. The van der Waals surface area contributed by atoms with Gasteiger partial charge in [0, 0.05) is 35.6 Å². The van der Waals surface area contributed by atoms with E-state index in [2.05, 4.69) is 45.6 Å². The summed E-state index contributed by atoms with van der Waals surface area (Å²) in [5, 5.41) is 3.39. The first kappa shape index (κ1) is 19.7. The van der Waals surface area contributed by atoms with Crippen LogP contribution in [0.1, 0.15) is 48.7 Å². The van der Waals surface area contributed by atoms with Crippen LogP contribution < -0.4 is 10.9 Å². The van der Waals surface area contributed by atoms with E-state index in [9.17, 15) is 4.79 Å². The van der Waals surface area contributed by atoms with Crippen molar-refractivity contribution in [3.8, 4) is 0 Å². The van der Waals surface area contributed by atoms with Crippen LogP contribution in [0.4, 0.5) is 5.95 Å². The first-order valence-electron chi connectivity index (χ1n) is 11.1. The van der Waals surface area contributed by atoms with Crippen molar-refractivity contribution in [2.24, 2.45) is 16.8 Å². The average Bonchev–Trinajstić information content (AvgIpc) is 2.80. The smallest absolute Gasteiger partial charge is 0.257 e. The number of anilines is 1. The molecule has 3 aromatic rings. The summed E-state index contributed by atoms with van der Waals surface area (Å²) in [7, 11) is 0. The zero-order valence-electron chi connectivity index (χ0n) is 17.7. The normalized spacial score (nSPS) is 22.9. The van der Waals surface area contributed by atoms with Gasteiger partial charge in [0.25, 0.3) is 5.56 Å². The molecule has 3 heterocycles. The van der Waals surface area contributed by atoms with Crippen molar-refractivity contribution in [2.45, 2.75) is 45.2 Å². The molecule has 1 fully saturated rings. The topological polar surface area (TPSA) is 72.2 Å². The molecule has 2 aliphatic rings. The molecular weight excluding hydrogens is 386 g/mol. The second-order valence-corrected chi connectivity index (χ2v) is 8.64. The Morgan fingerprint density at radius 2 is 1.87 bits per heavy atom. The van der Waals surface area contributed by atoms with E-state index < -0.39 is 6.17 Å². The van der Waals surface area contributed by atoms with Gasteiger partial charge in [-0.25, -0.2) is 9.98 Å². The van der Waals surface area contributed by atoms with Crippen molar-refractivity contribution in [1.29, 1.82) is 0 Å². The van der Waals surface area contributed by atoms with Gasteiger partial charge in [-0.2, -0.15) is 0 Å². The van der Waals surface area contributed by atoms with Crippen molar-refractivity contribution in [1.82, 2.24) is 14.5 Å². The Balaban J connectivity index is 1.38. The van der Waals surface area contributed by atoms with Gasteiger partial charge in [-0.05, 0) is 56.6 Å². The highest BCUT2D eigenvalue weighted by atomic mass is 16.1. The quantitative estimate of drug-likeness (QED) is 0.690. The van der Waals surface area contributed by atoms with Crippen molar-refractivity contribution < 1.29 is 0 Å². The fraction of sp³-hybridized carbons (Fsp3) is 0.360. The van der Waals surface area contributed by atoms with E-state index in [1.54, 1.807) is 23.0 Å². The van der Waals surface area contributed by atoms with Crippen LogP contribution in [0.5, 0.6) is 0 Å². The van der Waals surface area contributed by atoms with Crippen LogP contribution in [0.2, 0.25) is 0 Å². The van der Waals surface area contributed by atoms with Crippen LogP contribution in [0.3, 0.4) is 0 Å². The zero-order valence-corrected chi connectivity index (χ0v) is 17.7.